The maximum atomic E-state index is 5.53. The first-order valence-electron chi connectivity index (χ1n) is 4.98. The van der Waals surface area contributed by atoms with E-state index in [-0.39, 0.29) is 6.04 Å². The van der Waals surface area contributed by atoms with Gasteiger partial charge in [0.05, 0.1) is 13.4 Å². The van der Waals surface area contributed by atoms with Crippen LogP contribution in [0.15, 0.2) is 47.1 Å². The normalized spacial score (nSPS) is 12.4. The first-order chi connectivity index (χ1) is 7.85. The number of hydrogen-bond donors (Lipinski definition) is 2. The number of ether oxygens (including phenoxy) is 1. The molecule has 0 aliphatic carbocycles. The van der Waals surface area contributed by atoms with Crippen molar-refractivity contribution in [3.8, 4) is 5.75 Å². The summed E-state index contributed by atoms with van der Waals surface area (Å²) in [5.74, 6) is 7.13. The molecule has 1 unspecified atom stereocenters. The van der Waals surface area contributed by atoms with E-state index in [1.54, 1.807) is 13.4 Å². The molecule has 0 fully saturated rings. The number of nitrogens with two attached hydrogens (primary N) is 1. The zero-order chi connectivity index (χ0) is 11.4. The quantitative estimate of drug-likeness (QED) is 0.607. The van der Waals surface area contributed by atoms with Gasteiger partial charge in [-0.1, -0.05) is 12.1 Å². The Balaban J connectivity index is 2.27. The Kier molecular flexibility index (Phi) is 3.24. The average molecular weight is 218 g/mol. The van der Waals surface area contributed by atoms with Crippen molar-refractivity contribution in [2.75, 3.05) is 7.11 Å². The van der Waals surface area contributed by atoms with Crippen LogP contribution in [0.25, 0.3) is 0 Å². The van der Waals surface area contributed by atoms with Crippen LogP contribution in [0.1, 0.15) is 17.4 Å². The highest BCUT2D eigenvalue weighted by Gasteiger charge is 2.14. The molecule has 1 aromatic carbocycles. The lowest BCUT2D eigenvalue weighted by Crippen LogP contribution is -2.28. The Morgan fingerprint density at radius 1 is 1.25 bits per heavy atom. The van der Waals surface area contributed by atoms with Crippen LogP contribution in [0.3, 0.4) is 0 Å². The van der Waals surface area contributed by atoms with Gasteiger partial charge in [0, 0.05) is 0 Å². The van der Waals surface area contributed by atoms with Gasteiger partial charge < -0.3 is 9.15 Å². The number of methoxy groups -OCH3 is 1. The van der Waals surface area contributed by atoms with Crippen LogP contribution in [-0.2, 0) is 0 Å². The van der Waals surface area contributed by atoms with E-state index >= 15 is 0 Å². The largest absolute Gasteiger partial charge is 0.497 e. The van der Waals surface area contributed by atoms with Gasteiger partial charge in [-0.3, -0.25) is 5.84 Å². The van der Waals surface area contributed by atoms with E-state index in [1.165, 1.54) is 0 Å². The minimum absolute atomic E-state index is 0.138. The van der Waals surface area contributed by atoms with Crippen molar-refractivity contribution in [2.24, 2.45) is 5.84 Å². The number of furan rings is 1. The zero-order valence-electron chi connectivity index (χ0n) is 9.01. The molecule has 0 spiro atoms. The van der Waals surface area contributed by atoms with Crippen molar-refractivity contribution in [2.45, 2.75) is 6.04 Å². The predicted octanol–water partition coefficient (Wildman–Crippen LogP) is 1.84. The molecule has 1 heterocycles. The highest BCUT2D eigenvalue weighted by molar-refractivity contribution is 5.32. The molecular formula is C12H14N2O2. The smallest absolute Gasteiger partial charge is 0.126 e. The highest BCUT2D eigenvalue weighted by atomic mass is 16.5. The van der Waals surface area contributed by atoms with Crippen molar-refractivity contribution in [1.29, 1.82) is 0 Å². The number of nitrogens with one attached hydrogen (secondary N) is 1. The fourth-order valence-electron chi connectivity index (χ4n) is 1.59. The number of hydrogen-bond acceptors (Lipinski definition) is 4. The van der Waals surface area contributed by atoms with Crippen molar-refractivity contribution < 1.29 is 9.15 Å². The highest BCUT2D eigenvalue weighted by Crippen LogP contribution is 2.23. The average Bonchev–Trinajstić information content (AvgIpc) is 2.85. The van der Waals surface area contributed by atoms with Crippen LogP contribution in [-0.4, -0.2) is 7.11 Å². The van der Waals surface area contributed by atoms with E-state index in [4.69, 9.17) is 15.0 Å². The summed E-state index contributed by atoms with van der Waals surface area (Å²) in [5, 5.41) is 0. The van der Waals surface area contributed by atoms with E-state index in [2.05, 4.69) is 5.43 Å². The second kappa shape index (κ2) is 4.83. The SMILES string of the molecule is COc1ccc(C(NN)c2ccco2)cc1. The maximum Gasteiger partial charge on any atom is 0.126 e. The molecule has 4 heteroatoms. The van der Waals surface area contributed by atoms with Gasteiger partial charge in [0.2, 0.25) is 0 Å². The fourth-order valence-corrected chi connectivity index (χ4v) is 1.59. The van der Waals surface area contributed by atoms with Crippen molar-refractivity contribution >= 4 is 0 Å². The van der Waals surface area contributed by atoms with E-state index in [0.717, 1.165) is 17.1 Å². The monoisotopic (exact) mass is 218 g/mol. The molecule has 0 radical (unpaired) electrons. The summed E-state index contributed by atoms with van der Waals surface area (Å²) in [5.41, 5.74) is 3.75. The van der Waals surface area contributed by atoms with Crippen LogP contribution < -0.4 is 16.0 Å². The van der Waals surface area contributed by atoms with Gasteiger partial charge in [-0.15, -0.1) is 0 Å². The van der Waals surface area contributed by atoms with Crippen molar-refractivity contribution in [3.05, 3.63) is 54.0 Å². The Morgan fingerprint density at radius 2 is 2.00 bits per heavy atom. The van der Waals surface area contributed by atoms with Gasteiger partial charge in [0.1, 0.15) is 17.6 Å². The van der Waals surface area contributed by atoms with E-state index < -0.39 is 0 Å². The number of benzene rings is 1. The third-order valence-electron chi connectivity index (χ3n) is 2.44. The Bertz CT molecular complexity index is 423. The Hall–Kier alpha value is -1.78. The summed E-state index contributed by atoms with van der Waals surface area (Å²) in [4.78, 5) is 0. The second-order valence-electron chi connectivity index (χ2n) is 3.39. The van der Waals surface area contributed by atoms with Gasteiger partial charge in [0.15, 0.2) is 0 Å². The molecular weight excluding hydrogens is 204 g/mol. The maximum absolute atomic E-state index is 5.53. The molecule has 16 heavy (non-hydrogen) atoms. The van der Waals surface area contributed by atoms with Crippen LogP contribution in [0, 0.1) is 0 Å². The molecule has 0 saturated heterocycles. The standard InChI is InChI=1S/C12H14N2O2/c1-15-10-6-4-9(5-7-10)12(14-13)11-3-2-8-16-11/h2-8,12,14H,13H2,1H3. The lowest BCUT2D eigenvalue weighted by molar-refractivity contribution is 0.413. The van der Waals surface area contributed by atoms with Crippen molar-refractivity contribution in [1.82, 2.24) is 5.43 Å². The first kappa shape index (κ1) is 10.7. The Labute approximate surface area is 94.0 Å². The molecule has 1 aromatic heterocycles. The van der Waals surface area contributed by atoms with Gasteiger partial charge in [-0.2, -0.15) is 0 Å². The van der Waals surface area contributed by atoms with Crippen LogP contribution in [0.5, 0.6) is 5.75 Å². The molecule has 0 saturated carbocycles. The zero-order valence-corrected chi connectivity index (χ0v) is 9.01. The summed E-state index contributed by atoms with van der Waals surface area (Å²) in [6, 6.07) is 11.3. The third-order valence-corrected chi connectivity index (χ3v) is 2.44. The third kappa shape index (κ3) is 2.08. The topological polar surface area (TPSA) is 60.4 Å². The summed E-state index contributed by atoms with van der Waals surface area (Å²) in [7, 11) is 1.64. The lowest BCUT2D eigenvalue weighted by atomic mass is 10.1. The molecule has 0 aliphatic heterocycles. The molecule has 0 amide bonds. The second-order valence-corrected chi connectivity index (χ2v) is 3.39. The van der Waals surface area contributed by atoms with Crippen LogP contribution in [0.2, 0.25) is 0 Å². The van der Waals surface area contributed by atoms with Gasteiger partial charge in [-0.05, 0) is 29.8 Å². The van der Waals surface area contributed by atoms with Crippen LogP contribution >= 0.6 is 0 Å². The van der Waals surface area contributed by atoms with Gasteiger partial charge in [0.25, 0.3) is 0 Å². The first-order valence-corrected chi connectivity index (χ1v) is 4.98. The van der Waals surface area contributed by atoms with Gasteiger partial charge in [-0.25, -0.2) is 5.43 Å². The van der Waals surface area contributed by atoms with Gasteiger partial charge >= 0.3 is 0 Å². The molecule has 1 atom stereocenters. The Morgan fingerprint density at radius 3 is 2.50 bits per heavy atom. The summed E-state index contributed by atoms with van der Waals surface area (Å²) >= 11 is 0. The molecule has 4 nitrogen and oxygen atoms in total. The summed E-state index contributed by atoms with van der Waals surface area (Å²) in [6.45, 7) is 0. The summed E-state index contributed by atoms with van der Waals surface area (Å²) in [6.07, 6.45) is 1.63. The van der Waals surface area contributed by atoms with Crippen LogP contribution in [0.4, 0.5) is 0 Å². The molecule has 84 valence electrons. The predicted molar refractivity (Wildman–Crippen MR) is 60.9 cm³/mol. The number of rotatable bonds is 4. The van der Waals surface area contributed by atoms with Crippen molar-refractivity contribution in [3.63, 3.8) is 0 Å². The summed E-state index contributed by atoms with van der Waals surface area (Å²) < 4.78 is 10.4. The molecule has 3 N–H and O–H groups in total. The molecule has 2 rings (SSSR count). The molecule has 0 aliphatic rings. The molecule has 0 bridgehead atoms. The lowest BCUT2D eigenvalue weighted by Gasteiger charge is -2.13. The van der Waals surface area contributed by atoms with E-state index in [1.807, 2.05) is 36.4 Å². The minimum atomic E-state index is -0.138. The van der Waals surface area contributed by atoms with E-state index in [0.29, 0.717) is 0 Å². The number of hydrazine groups is 1. The van der Waals surface area contributed by atoms with E-state index in [9.17, 15) is 0 Å². The fraction of sp³-hybridized carbons (Fsp3) is 0.167. The molecule has 2 aromatic rings. The minimum Gasteiger partial charge on any atom is -0.497 e.